The quantitative estimate of drug-likeness (QED) is 0.815. The molecular weight excluding hydrogens is 212 g/mol. The predicted molar refractivity (Wildman–Crippen MR) is 68.0 cm³/mol. The van der Waals surface area contributed by atoms with Gasteiger partial charge in [0.25, 0.3) is 0 Å². The molecule has 0 saturated carbocycles. The van der Waals surface area contributed by atoms with Crippen LogP contribution in [0.15, 0.2) is 24.5 Å². The van der Waals surface area contributed by atoms with E-state index in [0.717, 1.165) is 24.2 Å². The minimum Gasteiger partial charge on any atom is -0.384 e. The minimum absolute atomic E-state index is 0.530. The number of anilines is 1. The summed E-state index contributed by atoms with van der Waals surface area (Å²) in [6.07, 6.45) is 5.00. The minimum atomic E-state index is 0.530. The van der Waals surface area contributed by atoms with Crippen LogP contribution in [-0.2, 0) is 7.05 Å². The van der Waals surface area contributed by atoms with Gasteiger partial charge >= 0.3 is 0 Å². The molecule has 3 heterocycles. The van der Waals surface area contributed by atoms with Crippen molar-refractivity contribution in [1.82, 2.24) is 14.8 Å². The molecule has 0 unspecified atom stereocenters. The summed E-state index contributed by atoms with van der Waals surface area (Å²) in [5.74, 6) is 0.530. The van der Waals surface area contributed by atoms with Gasteiger partial charge in [-0.15, -0.1) is 0 Å². The second-order valence-electron chi connectivity index (χ2n) is 4.65. The average Bonchev–Trinajstić information content (AvgIpc) is 2.76. The van der Waals surface area contributed by atoms with Gasteiger partial charge in [0.15, 0.2) is 0 Å². The van der Waals surface area contributed by atoms with Gasteiger partial charge in [0.1, 0.15) is 0 Å². The fourth-order valence-electron chi connectivity index (χ4n) is 2.27. The molecule has 1 aliphatic heterocycles. The maximum Gasteiger partial charge on any atom is 0.0738 e. The number of aromatic nitrogens is 3. The number of aryl methyl sites for hydroxylation is 1. The molecule has 0 saturated heterocycles. The Morgan fingerprint density at radius 2 is 2.29 bits per heavy atom. The van der Waals surface area contributed by atoms with Crippen LogP contribution in [0.2, 0.25) is 0 Å². The molecule has 2 aromatic rings. The van der Waals surface area contributed by atoms with E-state index < -0.39 is 0 Å². The first kappa shape index (κ1) is 10.3. The lowest BCUT2D eigenvalue weighted by Crippen LogP contribution is -2.16. The molecule has 88 valence electrons. The van der Waals surface area contributed by atoms with E-state index in [0.29, 0.717) is 5.92 Å². The number of hydrogen-bond acceptors (Lipinski definition) is 3. The van der Waals surface area contributed by atoms with Crippen molar-refractivity contribution in [3.63, 3.8) is 0 Å². The SMILES string of the molecule is C[C@@H]1CCNc2ccc(-c3cnn(C)c3)nc21. The van der Waals surface area contributed by atoms with Gasteiger partial charge in [-0.05, 0) is 18.6 Å². The third kappa shape index (κ3) is 1.79. The lowest BCUT2D eigenvalue weighted by molar-refractivity contribution is 0.662. The van der Waals surface area contributed by atoms with Gasteiger partial charge in [-0.3, -0.25) is 9.67 Å². The summed E-state index contributed by atoms with van der Waals surface area (Å²) in [6, 6.07) is 4.18. The zero-order chi connectivity index (χ0) is 11.8. The molecule has 1 atom stereocenters. The molecule has 0 bridgehead atoms. The molecule has 0 aromatic carbocycles. The Balaban J connectivity index is 2.05. The number of hydrogen-bond donors (Lipinski definition) is 1. The predicted octanol–water partition coefficient (Wildman–Crippen LogP) is 2.40. The van der Waals surface area contributed by atoms with E-state index in [1.165, 1.54) is 11.4 Å². The Kier molecular flexibility index (Phi) is 2.35. The number of nitrogens with zero attached hydrogens (tertiary/aromatic N) is 3. The van der Waals surface area contributed by atoms with Gasteiger partial charge in [-0.2, -0.15) is 5.10 Å². The molecule has 1 N–H and O–H groups in total. The summed E-state index contributed by atoms with van der Waals surface area (Å²) in [6.45, 7) is 3.28. The van der Waals surface area contributed by atoms with Gasteiger partial charge in [-0.1, -0.05) is 6.92 Å². The van der Waals surface area contributed by atoms with E-state index in [-0.39, 0.29) is 0 Å². The fourth-order valence-corrected chi connectivity index (χ4v) is 2.27. The standard InChI is InChI=1S/C13H16N4/c1-9-5-6-14-12-4-3-11(16-13(9)12)10-7-15-17(2)8-10/h3-4,7-9,14H,5-6H2,1-2H3/t9-/m1/s1. The van der Waals surface area contributed by atoms with Crippen molar-refractivity contribution >= 4 is 5.69 Å². The van der Waals surface area contributed by atoms with Crippen LogP contribution in [0.4, 0.5) is 5.69 Å². The number of fused-ring (bicyclic) bond motifs is 1. The topological polar surface area (TPSA) is 42.7 Å². The third-order valence-corrected chi connectivity index (χ3v) is 3.28. The van der Waals surface area contributed by atoms with Crippen LogP contribution in [0, 0.1) is 0 Å². The smallest absolute Gasteiger partial charge is 0.0738 e. The molecule has 0 amide bonds. The van der Waals surface area contributed by atoms with E-state index >= 15 is 0 Å². The van der Waals surface area contributed by atoms with Crippen molar-refractivity contribution in [2.24, 2.45) is 7.05 Å². The van der Waals surface area contributed by atoms with Crippen molar-refractivity contribution in [1.29, 1.82) is 0 Å². The zero-order valence-corrected chi connectivity index (χ0v) is 10.1. The molecule has 4 heteroatoms. The van der Waals surface area contributed by atoms with E-state index in [1.54, 1.807) is 4.68 Å². The highest BCUT2D eigenvalue weighted by Crippen LogP contribution is 2.31. The van der Waals surface area contributed by atoms with Crippen molar-refractivity contribution in [2.45, 2.75) is 19.3 Å². The maximum atomic E-state index is 4.76. The van der Waals surface area contributed by atoms with Crippen molar-refractivity contribution < 1.29 is 0 Å². The maximum absolute atomic E-state index is 4.76. The number of rotatable bonds is 1. The Hall–Kier alpha value is -1.84. The van der Waals surface area contributed by atoms with Crippen LogP contribution >= 0.6 is 0 Å². The van der Waals surface area contributed by atoms with E-state index in [9.17, 15) is 0 Å². The molecule has 0 radical (unpaired) electrons. The highest BCUT2D eigenvalue weighted by molar-refractivity contribution is 5.62. The fraction of sp³-hybridized carbons (Fsp3) is 0.385. The summed E-state index contributed by atoms with van der Waals surface area (Å²) < 4.78 is 1.80. The number of pyridine rings is 1. The molecule has 0 aliphatic carbocycles. The van der Waals surface area contributed by atoms with Crippen LogP contribution in [-0.4, -0.2) is 21.3 Å². The first-order chi connectivity index (χ1) is 8.24. The lowest BCUT2D eigenvalue weighted by Gasteiger charge is -2.23. The van der Waals surface area contributed by atoms with Crippen LogP contribution in [0.25, 0.3) is 11.3 Å². The Bertz CT molecular complexity index is 544. The van der Waals surface area contributed by atoms with Gasteiger partial charge in [-0.25, -0.2) is 0 Å². The Morgan fingerprint density at radius 1 is 1.41 bits per heavy atom. The van der Waals surface area contributed by atoms with E-state index in [1.807, 2.05) is 19.4 Å². The van der Waals surface area contributed by atoms with Crippen LogP contribution < -0.4 is 5.32 Å². The van der Waals surface area contributed by atoms with Gasteiger partial charge in [0, 0.05) is 31.3 Å². The molecule has 17 heavy (non-hydrogen) atoms. The van der Waals surface area contributed by atoms with Gasteiger partial charge in [0.05, 0.1) is 23.3 Å². The summed E-state index contributed by atoms with van der Waals surface area (Å²) in [7, 11) is 1.92. The molecule has 0 fully saturated rings. The summed E-state index contributed by atoms with van der Waals surface area (Å²) in [5, 5.41) is 7.58. The Labute approximate surface area is 101 Å². The van der Waals surface area contributed by atoms with Crippen LogP contribution in [0.5, 0.6) is 0 Å². The zero-order valence-electron chi connectivity index (χ0n) is 10.1. The van der Waals surface area contributed by atoms with Gasteiger partial charge in [0.2, 0.25) is 0 Å². The second-order valence-corrected chi connectivity index (χ2v) is 4.65. The molecule has 2 aromatic heterocycles. The summed E-state index contributed by atoms with van der Waals surface area (Å²) in [4.78, 5) is 4.76. The molecular formula is C13H16N4. The summed E-state index contributed by atoms with van der Waals surface area (Å²) in [5.41, 5.74) is 4.44. The van der Waals surface area contributed by atoms with Crippen LogP contribution in [0.3, 0.4) is 0 Å². The van der Waals surface area contributed by atoms with E-state index in [4.69, 9.17) is 4.98 Å². The molecule has 3 rings (SSSR count). The average molecular weight is 228 g/mol. The third-order valence-electron chi connectivity index (χ3n) is 3.28. The monoisotopic (exact) mass is 228 g/mol. The van der Waals surface area contributed by atoms with Crippen molar-refractivity contribution in [2.75, 3.05) is 11.9 Å². The van der Waals surface area contributed by atoms with Gasteiger partial charge < -0.3 is 5.32 Å². The summed E-state index contributed by atoms with van der Waals surface area (Å²) >= 11 is 0. The molecule has 1 aliphatic rings. The van der Waals surface area contributed by atoms with E-state index in [2.05, 4.69) is 29.5 Å². The normalized spacial score (nSPS) is 18.6. The van der Waals surface area contributed by atoms with Crippen molar-refractivity contribution in [3.8, 4) is 11.3 Å². The molecule has 4 nitrogen and oxygen atoms in total. The lowest BCUT2D eigenvalue weighted by atomic mass is 9.97. The first-order valence-corrected chi connectivity index (χ1v) is 5.98. The molecule has 0 spiro atoms. The highest BCUT2D eigenvalue weighted by atomic mass is 15.2. The van der Waals surface area contributed by atoms with Crippen molar-refractivity contribution in [3.05, 3.63) is 30.2 Å². The number of nitrogens with one attached hydrogen (secondary N) is 1. The first-order valence-electron chi connectivity index (χ1n) is 5.98. The van der Waals surface area contributed by atoms with Crippen LogP contribution in [0.1, 0.15) is 25.0 Å². The second kappa shape index (κ2) is 3.87. The highest BCUT2D eigenvalue weighted by Gasteiger charge is 2.18. The Morgan fingerprint density at radius 3 is 3.06 bits per heavy atom. The largest absolute Gasteiger partial charge is 0.384 e.